The number of ether oxygens (including phenoxy) is 2. The Morgan fingerprint density at radius 3 is 2.46 bits per heavy atom. The number of aromatic nitrogens is 2. The monoisotopic (exact) mass is 776 g/mol. The molecule has 11 heteroatoms. The molecule has 8 rings (SSSR count). The van der Waals surface area contributed by atoms with Gasteiger partial charge in [0, 0.05) is 77.2 Å². The van der Waals surface area contributed by atoms with Crippen LogP contribution in [-0.4, -0.2) is 90.5 Å². The maximum Gasteiger partial charge on any atom is 0.272 e. The first-order valence-electron chi connectivity index (χ1n) is 21.3. The van der Waals surface area contributed by atoms with E-state index >= 15 is 0 Å². The molecule has 1 amide bonds. The lowest BCUT2D eigenvalue weighted by atomic mass is 9.45. The molecule has 1 aromatic heterocycles. The van der Waals surface area contributed by atoms with Gasteiger partial charge < -0.3 is 14.4 Å². The molecule has 5 fully saturated rings. The molecule has 4 aliphatic carbocycles. The molecule has 1 aliphatic heterocycles. The molecule has 1 saturated heterocycles. The molecule has 0 spiro atoms. The summed E-state index contributed by atoms with van der Waals surface area (Å²) < 4.78 is 56.2. The highest BCUT2D eigenvalue weighted by Gasteiger charge is 2.62. The van der Waals surface area contributed by atoms with Gasteiger partial charge in [0.1, 0.15) is 5.82 Å². The summed E-state index contributed by atoms with van der Waals surface area (Å²) in [5.41, 5.74) is 1.48. The SMILES string of the molecule is C[C@]12CCC(F)(F)C[C@@H]1CC[C@@H]1[C@@H]2CC[C@]2(C)[C@@H](OCCCOCCCN3CCN(C(=O)c4cc(Cc5n[nH]c(=O)c6ccccc56)ccc4F)CC3)CC[C@@H]12. The van der Waals surface area contributed by atoms with Crippen LogP contribution in [0.3, 0.4) is 0 Å². The van der Waals surface area contributed by atoms with E-state index < -0.39 is 11.7 Å². The molecular weight excluding hydrogens is 718 g/mol. The van der Waals surface area contributed by atoms with Crippen molar-refractivity contribution in [3.8, 4) is 0 Å². The molecular formula is C45H59F3N4O4. The van der Waals surface area contributed by atoms with Crippen LogP contribution in [0.25, 0.3) is 10.8 Å². The summed E-state index contributed by atoms with van der Waals surface area (Å²) in [4.78, 5) is 29.7. The Morgan fingerprint density at radius 1 is 0.875 bits per heavy atom. The Morgan fingerprint density at radius 2 is 1.64 bits per heavy atom. The first kappa shape index (κ1) is 39.5. The number of nitrogens with zero attached hydrogens (tertiary/aromatic N) is 3. The second-order valence-electron chi connectivity index (χ2n) is 18.2. The normalized spacial score (nSPS) is 31.5. The molecule has 7 atom stereocenters. The number of carbonyl (C=O) groups excluding carboxylic acids is 1. The summed E-state index contributed by atoms with van der Waals surface area (Å²) in [6.07, 6.45) is 9.97. The minimum Gasteiger partial charge on any atom is -0.381 e. The van der Waals surface area contributed by atoms with E-state index in [1.54, 1.807) is 29.2 Å². The van der Waals surface area contributed by atoms with Gasteiger partial charge in [0.05, 0.1) is 22.7 Å². The summed E-state index contributed by atoms with van der Waals surface area (Å²) in [5, 5.41) is 8.06. The lowest BCUT2D eigenvalue weighted by Crippen LogP contribution is -2.55. The maximum absolute atomic E-state index is 14.9. The summed E-state index contributed by atoms with van der Waals surface area (Å²) in [6.45, 7) is 10.3. The van der Waals surface area contributed by atoms with Crippen molar-refractivity contribution >= 4 is 16.7 Å². The van der Waals surface area contributed by atoms with Crippen molar-refractivity contribution in [2.75, 3.05) is 52.5 Å². The van der Waals surface area contributed by atoms with E-state index in [1.807, 2.05) is 12.1 Å². The Hall–Kier alpha value is -3.28. The van der Waals surface area contributed by atoms with Crippen molar-refractivity contribution in [2.45, 2.75) is 103 Å². The van der Waals surface area contributed by atoms with Gasteiger partial charge in [-0.1, -0.05) is 38.1 Å². The van der Waals surface area contributed by atoms with Gasteiger partial charge in [0.15, 0.2) is 0 Å². The third-order valence-corrected chi connectivity index (χ3v) is 15.1. The van der Waals surface area contributed by atoms with Crippen LogP contribution in [0.15, 0.2) is 47.3 Å². The number of alkyl halides is 2. The second-order valence-corrected chi connectivity index (χ2v) is 18.2. The third kappa shape index (κ3) is 7.81. The van der Waals surface area contributed by atoms with Crippen LogP contribution in [0, 0.1) is 40.3 Å². The molecule has 3 aromatic rings. The van der Waals surface area contributed by atoms with Crippen molar-refractivity contribution in [3.63, 3.8) is 0 Å². The highest BCUT2D eigenvalue weighted by Crippen LogP contribution is 2.67. The molecule has 0 bridgehead atoms. The van der Waals surface area contributed by atoms with Crippen molar-refractivity contribution in [2.24, 2.45) is 34.5 Å². The number of aromatic amines is 1. The summed E-state index contributed by atoms with van der Waals surface area (Å²) >= 11 is 0. The average Bonchev–Trinajstić information content (AvgIpc) is 3.53. The van der Waals surface area contributed by atoms with E-state index in [2.05, 4.69) is 28.9 Å². The fraction of sp³-hybridized carbons (Fsp3) is 0.667. The quantitative estimate of drug-likeness (QED) is 0.187. The van der Waals surface area contributed by atoms with Crippen molar-refractivity contribution in [3.05, 3.63) is 75.5 Å². The fourth-order valence-corrected chi connectivity index (χ4v) is 12.0. The second kappa shape index (κ2) is 16.2. The van der Waals surface area contributed by atoms with E-state index in [1.165, 1.54) is 12.5 Å². The zero-order chi connectivity index (χ0) is 39.1. The minimum absolute atomic E-state index is 0.0593. The summed E-state index contributed by atoms with van der Waals surface area (Å²) in [5.74, 6) is -1.25. The van der Waals surface area contributed by atoms with Gasteiger partial charge in [-0.25, -0.2) is 18.3 Å². The Bertz CT molecular complexity index is 1930. The molecule has 2 heterocycles. The van der Waals surface area contributed by atoms with Crippen molar-refractivity contribution in [1.82, 2.24) is 20.0 Å². The van der Waals surface area contributed by atoms with E-state index in [4.69, 9.17) is 9.47 Å². The number of H-pyrrole nitrogens is 1. The molecule has 304 valence electrons. The number of piperazine rings is 1. The molecule has 1 N–H and O–H groups in total. The predicted octanol–water partition coefficient (Wildman–Crippen LogP) is 8.27. The van der Waals surface area contributed by atoms with Crippen LogP contribution >= 0.6 is 0 Å². The van der Waals surface area contributed by atoms with Gasteiger partial charge in [0.25, 0.3) is 11.5 Å². The third-order valence-electron chi connectivity index (χ3n) is 15.1. The summed E-state index contributed by atoms with van der Waals surface area (Å²) in [7, 11) is 0. The zero-order valence-corrected chi connectivity index (χ0v) is 33.2. The molecule has 2 aromatic carbocycles. The van der Waals surface area contributed by atoms with Crippen LogP contribution < -0.4 is 5.56 Å². The van der Waals surface area contributed by atoms with Crippen LogP contribution in [0.4, 0.5) is 13.2 Å². The molecule has 0 radical (unpaired) electrons. The van der Waals surface area contributed by atoms with Gasteiger partial charge in [-0.05, 0) is 116 Å². The topological polar surface area (TPSA) is 87.8 Å². The van der Waals surface area contributed by atoms with E-state index in [-0.39, 0.29) is 52.7 Å². The number of benzene rings is 2. The van der Waals surface area contributed by atoms with E-state index in [0.29, 0.717) is 74.6 Å². The largest absolute Gasteiger partial charge is 0.381 e. The number of amides is 1. The van der Waals surface area contributed by atoms with Gasteiger partial charge in [-0.2, -0.15) is 5.10 Å². The number of halogens is 3. The number of hydrogen-bond acceptors (Lipinski definition) is 6. The zero-order valence-electron chi connectivity index (χ0n) is 33.2. The Labute approximate surface area is 328 Å². The van der Waals surface area contributed by atoms with Crippen LogP contribution in [0.1, 0.15) is 106 Å². The van der Waals surface area contributed by atoms with Gasteiger partial charge in [-0.15, -0.1) is 0 Å². The molecule has 8 nitrogen and oxygen atoms in total. The predicted molar refractivity (Wildman–Crippen MR) is 210 cm³/mol. The fourth-order valence-electron chi connectivity index (χ4n) is 12.0. The van der Waals surface area contributed by atoms with Gasteiger partial charge >= 0.3 is 0 Å². The van der Waals surface area contributed by atoms with Gasteiger partial charge in [-0.3, -0.25) is 14.5 Å². The number of rotatable bonds is 12. The standard InChI is InChI=1S/C45H59F3N4O4/c1-43-17-18-45(47,48)29-31(43)10-11-34-36-12-14-40(44(36,2)16-15-37(34)43)56-26-6-25-55-24-5-19-51-20-22-52(23-21-51)42(54)35-27-30(9-13-38(35)46)28-39-32-7-3-4-8-33(32)41(53)50-49-39/h3-4,7-9,13,27,31,34,36-37,40H,5-6,10-12,14-26,28-29H2,1-2H3,(H,50,53)/t31-,34-,36-,37-,40-,43-,44-/m0/s1. The van der Waals surface area contributed by atoms with Crippen molar-refractivity contribution < 1.29 is 27.4 Å². The number of hydrogen-bond donors (Lipinski definition) is 1. The number of fused-ring (bicyclic) bond motifs is 6. The van der Waals surface area contributed by atoms with Crippen LogP contribution in [0.5, 0.6) is 0 Å². The van der Waals surface area contributed by atoms with Crippen LogP contribution in [0.2, 0.25) is 0 Å². The smallest absolute Gasteiger partial charge is 0.272 e. The Balaban J connectivity index is 0.725. The molecule has 0 unspecified atom stereocenters. The first-order chi connectivity index (χ1) is 26.9. The average molecular weight is 777 g/mol. The lowest BCUT2D eigenvalue weighted by Gasteiger charge is -2.61. The molecule has 56 heavy (non-hydrogen) atoms. The van der Waals surface area contributed by atoms with Crippen LogP contribution in [-0.2, 0) is 15.9 Å². The Kier molecular flexibility index (Phi) is 11.4. The van der Waals surface area contributed by atoms with E-state index in [0.717, 1.165) is 75.5 Å². The summed E-state index contributed by atoms with van der Waals surface area (Å²) in [6, 6.07) is 11.9. The highest BCUT2D eigenvalue weighted by atomic mass is 19.3. The number of carbonyl (C=O) groups is 1. The van der Waals surface area contributed by atoms with Crippen molar-refractivity contribution in [1.29, 1.82) is 0 Å². The lowest BCUT2D eigenvalue weighted by molar-refractivity contribution is -0.169. The first-order valence-corrected chi connectivity index (χ1v) is 21.3. The highest BCUT2D eigenvalue weighted by molar-refractivity contribution is 5.95. The molecule has 4 saturated carbocycles. The maximum atomic E-state index is 14.9. The van der Waals surface area contributed by atoms with E-state index in [9.17, 15) is 22.8 Å². The van der Waals surface area contributed by atoms with Gasteiger partial charge in [0.2, 0.25) is 5.92 Å². The minimum atomic E-state index is -2.47. The number of nitrogens with one attached hydrogen (secondary N) is 1. The molecule has 5 aliphatic rings.